The number of rotatable bonds is 2. The summed E-state index contributed by atoms with van der Waals surface area (Å²) in [6.07, 6.45) is 3.21. The van der Waals surface area contributed by atoms with E-state index in [1.54, 1.807) is 35.4 Å². The third-order valence-corrected chi connectivity index (χ3v) is 3.69. The number of imide groups is 1. The van der Waals surface area contributed by atoms with Crippen LogP contribution in [0.25, 0.3) is 0 Å². The Morgan fingerprint density at radius 1 is 1.32 bits per heavy atom. The fourth-order valence-corrected chi connectivity index (χ4v) is 2.62. The number of nitrogens with zero attached hydrogens (tertiary/aromatic N) is 2. The van der Waals surface area contributed by atoms with Crippen molar-refractivity contribution in [2.24, 2.45) is 0 Å². The molecule has 0 bridgehead atoms. The summed E-state index contributed by atoms with van der Waals surface area (Å²) >= 11 is 0. The topological polar surface area (TPSA) is 75.4 Å². The molecule has 0 spiro atoms. The Bertz CT molecular complexity index is 681. The summed E-state index contributed by atoms with van der Waals surface area (Å²) in [4.78, 5) is 30.3. The van der Waals surface area contributed by atoms with E-state index < -0.39 is 11.9 Å². The Morgan fingerprint density at radius 3 is 2.77 bits per heavy atom. The van der Waals surface area contributed by atoms with Gasteiger partial charge in [0.1, 0.15) is 12.3 Å². The Kier molecular flexibility index (Phi) is 3.91. The van der Waals surface area contributed by atoms with E-state index in [1.807, 2.05) is 13.0 Å². The molecule has 1 atom stereocenters. The molecule has 0 saturated carbocycles. The van der Waals surface area contributed by atoms with Crippen LogP contribution < -0.4 is 5.32 Å². The van der Waals surface area contributed by atoms with E-state index in [0.29, 0.717) is 18.0 Å². The van der Waals surface area contributed by atoms with Gasteiger partial charge in [0.05, 0.1) is 5.69 Å². The average molecular weight is 299 g/mol. The van der Waals surface area contributed by atoms with E-state index in [9.17, 15) is 9.59 Å². The molecule has 0 radical (unpaired) electrons. The zero-order valence-corrected chi connectivity index (χ0v) is 12.3. The summed E-state index contributed by atoms with van der Waals surface area (Å²) in [6, 6.07) is 8.05. The zero-order chi connectivity index (χ0) is 15.5. The lowest BCUT2D eigenvalue weighted by atomic mass is 10.2. The number of aryl methyl sites for hydroxylation is 1. The fraction of sp³-hybridized carbons (Fsp3) is 0.312. The molecule has 2 aromatic rings. The van der Waals surface area contributed by atoms with E-state index in [0.717, 1.165) is 18.5 Å². The summed E-state index contributed by atoms with van der Waals surface area (Å²) in [5.74, 6) is 0.122. The average Bonchev–Trinajstić information content (AvgIpc) is 3.16. The lowest BCUT2D eigenvalue weighted by Crippen LogP contribution is -2.42. The largest absolute Gasteiger partial charge is 0.446 e. The van der Waals surface area contributed by atoms with Crippen LogP contribution in [0.5, 0.6) is 0 Å². The zero-order valence-electron chi connectivity index (χ0n) is 12.3. The van der Waals surface area contributed by atoms with Gasteiger partial charge in [-0.2, -0.15) is 0 Å². The van der Waals surface area contributed by atoms with Crippen LogP contribution in [-0.4, -0.2) is 28.4 Å². The SMILES string of the molecule is Cc1coc([C@H]2CCCN2C(=O)NC(=O)c2ccccc2)n1. The second kappa shape index (κ2) is 6.01. The van der Waals surface area contributed by atoms with Gasteiger partial charge in [-0.3, -0.25) is 10.1 Å². The molecule has 1 fully saturated rings. The Morgan fingerprint density at radius 2 is 2.09 bits per heavy atom. The van der Waals surface area contributed by atoms with Gasteiger partial charge in [-0.25, -0.2) is 9.78 Å². The molecular formula is C16H17N3O3. The number of hydrogen-bond acceptors (Lipinski definition) is 4. The van der Waals surface area contributed by atoms with Crippen LogP contribution in [0.1, 0.15) is 40.8 Å². The molecule has 1 aromatic heterocycles. The molecule has 1 N–H and O–H groups in total. The molecule has 1 saturated heterocycles. The summed E-state index contributed by atoms with van der Waals surface area (Å²) in [7, 11) is 0. The molecule has 0 unspecified atom stereocenters. The second-order valence-corrected chi connectivity index (χ2v) is 5.30. The van der Waals surface area contributed by atoms with Gasteiger partial charge in [-0.05, 0) is 31.9 Å². The summed E-state index contributed by atoms with van der Waals surface area (Å²) in [6.45, 7) is 2.42. The first-order chi connectivity index (χ1) is 10.6. The van der Waals surface area contributed by atoms with Crippen molar-refractivity contribution < 1.29 is 14.0 Å². The van der Waals surface area contributed by atoms with Crippen LogP contribution in [0.2, 0.25) is 0 Å². The van der Waals surface area contributed by atoms with E-state index in [-0.39, 0.29) is 6.04 Å². The number of hydrogen-bond donors (Lipinski definition) is 1. The van der Waals surface area contributed by atoms with Crippen LogP contribution >= 0.6 is 0 Å². The lowest BCUT2D eigenvalue weighted by molar-refractivity contribution is 0.0948. The number of amides is 3. The van der Waals surface area contributed by atoms with Crippen molar-refractivity contribution in [1.29, 1.82) is 0 Å². The Hall–Kier alpha value is -2.63. The highest BCUT2D eigenvalue weighted by atomic mass is 16.3. The predicted molar refractivity (Wildman–Crippen MR) is 79.2 cm³/mol. The van der Waals surface area contributed by atoms with Gasteiger partial charge >= 0.3 is 6.03 Å². The molecular weight excluding hydrogens is 282 g/mol. The van der Waals surface area contributed by atoms with Crippen LogP contribution in [0, 0.1) is 6.92 Å². The van der Waals surface area contributed by atoms with Gasteiger partial charge in [0.25, 0.3) is 5.91 Å². The van der Waals surface area contributed by atoms with Crippen molar-refractivity contribution >= 4 is 11.9 Å². The standard InChI is InChI=1S/C16H17N3O3/c1-11-10-22-15(17-11)13-8-5-9-19(13)16(21)18-14(20)12-6-3-2-4-7-12/h2-4,6-7,10,13H,5,8-9H2,1H3,(H,18,20,21)/t13-/m1/s1. The Balaban J connectivity index is 1.70. The van der Waals surface area contributed by atoms with Gasteiger partial charge in [-0.1, -0.05) is 18.2 Å². The maximum absolute atomic E-state index is 12.3. The highest BCUT2D eigenvalue weighted by Gasteiger charge is 2.33. The molecule has 6 nitrogen and oxygen atoms in total. The van der Waals surface area contributed by atoms with Crippen molar-refractivity contribution in [2.75, 3.05) is 6.54 Å². The molecule has 6 heteroatoms. The highest BCUT2D eigenvalue weighted by Crippen LogP contribution is 2.31. The monoisotopic (exact) mass is 299 g/mol. The first kappa shape index (κ1) is 14.3. The number of benzene rings is 1. The van der Waals surface area contributed by atoms with Crippen molar-refractivity contribution in [3.8, 4) is 0 Å². The number of aromatic nitrogens is 1. The van der Waals surface area contributed by atoms with Crippen LogP contribution in [0.3, 0.4) is 0 Å². The van der Waals surface area contributed by atoms with Gasteiger partial charge < -0.3 is 9.32 Å². The number of oxazole rings is 1. The number of urea groups is 1. The first-order valence-electron chi connectivity index (χ1n) is 7.24. The van der Waals surface area contributed by atoms with Gasteiger partial charge in [0.15, 0.2) is 0 Å². The maximum atomic E-state index is 12.3. The minimum absolute atomic E-state index is 0.211. The van der Waals surface area contributed by atoms with Gasteiger partial charge in [0, 0.05) is 12.1 Å². The van der Waals surface area contributed by atoms with Crippen molar-refractivity contribution in [1.82, 2.24) is 15.2 Å². The van der Waals surface area contributed by atoms with Gasteiger partial charge in [0.2, 0.25) is 5.89 Å². The Labute approximate surface area is 128 Å². The molecule has 2 heterocycles. The molecule has 3 amide bonds. The lowest BCUT2D eigenvalue weighted by Gasteiger charge is -2.22. The van der Waals surface area contributed by atoms with Crippen molar-refractivity contribution in [3.05, 3.63) is 53.7 Å². The normalized spacial score (nSPS) is 17.5. The highest BCUT2D eigenvalue weighted by molar-refractivity contribution is 6.04. The summed E-state index contributed by atoms with van der Waals surface area (Å²) in [5.41, 5.74) is 1.24. The van der Waals surface area contributed by atoms with Crippen LogP contribution in [-0.2, 0) is 0 Å². The molecule has 1 aliphatic heterocycles. The number of carbonyl (C=O) groups is 2. The molecule has 0 aliphatic carbocycles. The van der Waals surface area contributed by atoms with Crippen LogP contribution in [0.15, 0.2) is 41.0 Å². The quantitative estimate of drug-likeness (QED) is 0.925. The van der Waals surface area contributed by atoms with E-state index in [2.05, 4.69) is 10.3 Å². The number of likely N-dealkylation sites (tertiary alicyclic amines) is 1. The first-order valence-corrected chi connectivity index (χ1v) is 7.24. The molecule has 1 aliphatic rings. The van der Waals surface area contributed by atoms with E-state index in [4.69, 9.17) is 4.42 Å². The fourth-order valence-electron chi connectivity index (χ4n) is 2.62. The van der Waals surface area contributed by atoms with Crippen molar-refractivity contribution in [3.63, 3.8) is 0 Å². The number of carbonyl (C=O) groups excluding carboxylic acids is 2. The number of nitrogens with one attached hydrogen (secondary N) is 1. The smallest absolute Gasteiger partial charge is 0.325 e. The predicted octanol–water partition coefficient (Wildman–Crippen LogP) is 2.67. The summed E-state index contributed by atoms with van der Waals surface area (Å²) < 4.78 is 5.40. The molecule has 22 heavy (non-hydrogen) atoms. The summed E-state index contributed by atoms with van der Waals surface area (Å²) in [5, 5.41) is 2.42. The minimum atomic E-state index is -0.410. The van der Waals surface area contributed by atoms with E-state index >= 15 is 0 Å². The minimum Gasteiger partial charge on any atom is -0.446 e. The molecule has 114 valence electrons. The second-order valence-electron chi connectivity index (χ2n) is 5.30. The van der Waals surface area contributed by atoms with E-state index in [1.165, 1.54) is 0 Å². The van der Waals surface area contributed by atoms with Gasteiger partial charge in [-0.15, -0.1) is 0 Å². The third kappa shape index (κ3) is 2.86. The van der Waals surface area contributed by atoms with Crippen molar-refractivity contribution in [2.45, 2.75) is 25.8 Å². The molecule has 3 rings (SSSR count). The molecule has 1 aromatic carbocycles. The third-order valence-electron chi connectivity index (χ3n) is 3.69. The maximum Gasteiger partial charge on any atom is 0.325 e. The van der Waals surface area contributed by atoms with Crippen LogP contribution in [0.4, 0.5) is 4.79 Å².